The molecule has 0 aliphatic rings. The molecule has 0 aromatic carbocycles. The molecule has 0 bridgehead atoms. The first-order chi connectivity index (χ1) is 10.5. The fourth-order valence-electron chi connectivity index (χ4n) is 2.20. The van der Waals surface area contributed by atoms with E-state index < -0.39 is 5.54 Å². The number of ether oxygens (including phenoxy) is 1. The highest BCUT2D eigenvalue weighted by Gasteiger charge is 2.25. The highest BCUT2D eigenvalue weighted by atomic mass is 16.5. The van der Waals surface area contributed by atoms with Crippen LogP contribution >= 0.6 is 0 Å². The number of esters is 1. The van der Waals surface area contributed by atoms with Gasteiger partial charge in [0.15, 0.2) is 0 Å². The molecule has 0 saturated heterocycles. The highest BCUT2D eigenvalue weighted by molar-refractivity contribution is 5.70. The predicted molar refractivity (Wildman–Crippen MR) is 83.6 cm³/mol. The Morgan fingerprint density at radius 3 is 2.91 bits per heavy atom. The minimum absolute atomic E-state index is 0.117. The highest BCUT2D eigenvalue weighted by Crippen LogP contribution is 2.16. The number of carbonyl (C=O) groups excluding carboxylic acids is 1. The average Bonchev–Trinajstić information content (AvgIpc) is 2.53. The van der Waals surface area contributed by atoms with E-state index in [4.69, 9.17) is 4.74 Å². The third-order valence-corrected chi connectivity index (χ3v) is 3.86. The summed E-state index contributed by atoms with van der Waals surface area (Å²) in [5.41, 5.74) is 0.753. The summed E-state index contributed by atoms with van der Waals surface area (Å²) < 4.78 is 6.23. The van der Waals surface area contributed by atoms with Crippen LogP contribution in [0.4, 0.5) is 0 Å². The molecule has 0 radical (unpaired) electrons. The first kappa shape index (κ1) is 16.2. The lowest BCUT2D eigenvalue weighted by molar-refractivity contribution is -0.142. The van der Waals surface area contributed by atoms with Crippen molar-refractivity contribution in [3.63, 3.8) is 0 Å². The number of carbonyl (C=O) groups is 1. The van der Waals surface area contributed by atoms with E-state index in [0.717, 1.165) is 6.42 Å². The maximum Gasteiger partial charge on any atom is 0.307 e. The first-order valence-electron chi connectivity index (χ1n) is 7.26. The van der Waals surface area contributed by atoms with Gasteiger partial charge in [0.1, 0.15) is 5.65 Å². The number of rotatable bonds is 6. The fraction of sp³-hybridized carbons (Fsp3) is 0.438. The molecule has 0 amide bonds. The lowest BCUT2D eigenvalue weighted by atomic mass is 9.94. The topological polar surface area (TPSA) is 72.7 Å². The van der Waals surface area contributed by atoms with Crippen molar-refractivity contribution in [3.05, 3.63) is 46.5 Å². The van der Waals surface area contributed by atoms with Crippen molar-refractivity contribution in [1.29, 1.82) is 0 Å². The molecule has 0 aliphatic heterocycles. The molecule has 1 atom stereocenters. The molecule has 1 N–H and O–H groups in total. The number of aromatic nitrogens is 2. The predicted octanol–water partition coefficient (Wildman–Crippen LogP) is 1.52. The van der Waals surface area contributed by atoms with Crippen molar-refractivity contribution in [2.45, 2.75) is 38.8 Å². The van der Waals surface area contributed by atoms with Crippen LogP contribution in [0.1, 0.15) is 32.4 Å². The van der Waals surface area contributed by atoms with E-state index in [2.05, 4.69) is 10.3 Å². The van der Waals surface area contributed by atoms with Crippen LogP contribution in [0.2, 0.25) is 0 Å². The molecule has 2 aromatic heterocycles. The summed E-state index contributed by atoms with van der Waals surface area (Å²) >= 11 is 0. The smallest absolute Gasteiger partial charge is 0.307 e. The van der Waals surface area contributed by atoms with Crippen LogP contribution in [0.15, 0.2) is 35.3 Å². The Labute approximate surface area is 129 Å². The lowest BCUT2D eigenvalue weighted by Gasteiger charge is -2.28. The van der Waals surface area contributed by atoms with Gasteiger partial charge in [0.25, 0.3) is 5.56 Å². The van der Waals surface area contributed by atoms with Crippen LogP contribution in [-0.2, 0) is 16.1 Å². The number of pyridine rings is 1. The van der Waals surface area contributed by atoms with Gasteiger partial charge in [-0.1, -0.05) is 13.0 Å². The van der Waals surface area contributed by atoms with Gasteiger partial charge in [-0.2, -0.15) is 0 Å². The molecule has 2 heterocycles. The Morgan fingerprint density at radius 1 is 1.45 bits per heavy atom. The summed E-state index contributed by atoms with van der Waals surface area (Å²) in [7, 11) is 1.38. The SMILES string of the molecule is CCC(C)(CC(=O)OC)NCc1cc(=O)n2ccccc2n1. The zero-order valence-corrected chi connectivity index (χ0v) is 13.1. The van der Waals surface area contributed by atoms with Crippen LogP contribution in [0, 0.1) is 0 Å². The Kier molecular flexibility index (Phi) is 4.92. The molecular weight excluding hydrogens is 282 g/mol. The number of nitrogens with zero attached hydrogens (tertiary/aromatic N) is 2. The molecule has 6 nitrogen and oxygen atoms in total. The number of hydrogen-bond acceptors (Lipinski definition) is 5. The van der Waals surface area contributed by atoms with E-state index in [1.807, 2.05) is 19.9 Å². The quantitative estimate of drug-likeness (QED) is 0.819. The summed E-state index contributed by atoms with van der Waals surface area (Å²) in [5.74, 6) is -0.261. The van der Waals surface area contributed by atoms with E-state index >= 15 is 0 Å². The second kappa shape index (κ2) is 6.70. The third kappa shape index (κ3) is 3.71. The summed E-state index contributed by atoms with van der Waals surface area (Å²) in [6.07, 6.45) is 2.72. The van der Waals surface area contributed by atoms with E-state index in [1.54, 1.807) is 18.3 Å². The number of methoxy groups -OCH3 is 1. The normalized spacial score (nSPS) is 13.8. The summed E-state index contributed by atoms with van der Waals surface area (Å²) in [4.78, 5) is 28.0. The van der Waals surface area contributed by atoms with Crippen molar-refractivity contribution in [2.75, 3.05) is 7.11 Å². The molecule has 1 unspecified atom stereocenters. The van der Waals surface area contributed by atoms with Crippen LogP contribution < -0.4 is 10.9 Å². The number of hydrogen-bond donors (Lipinski definition) is 1. The molecule has 0 spiro atoms. The Bertz CT molecular complexity index is 726. The van der Waals surface area contributed by atoms with Crippen LogP contribution in [0.5, 0.6) is 0 Å². The number of fused-ring (bicyclic) bond motifs is 1. The Hall–Kier alpha value is -2.21. The van der Waals surface area contributed by atoms with E-state index in [0.29, 0.717) is 17.9 Å². The van der Waals surface area contributed by atoms with Gasteiger partial charge in [-0.15, -0.1) is 0 Å². The van der Waals surface area contributed by atoms with E-state index in [-0.39, 0.29) is 17.9 Å². The molecule has 22 heavy (non-hydrogen) atoms. The van der Waals surface area contributed by atoms with Gasteiger partial charge < -0.3 is 10.1 Å². The standard InChI is InChI=1S/C16H21N3O3/c1-4-16(2,10-15(21)22-3)17-11-12-9-14(20)19-8-6-5-7-13(19)18-12/h5-9,17H,4,10-11H2,1-3H3. The molecule has 2 rings (SSSR count). The summed E-state index contributed by atoms with van der Waals surface area (Å²) in [5, 5.41) is 3.31. The fourth-order valence-corrected chi connectivity index (χ4v) is 2.20. The van der Waals surface area contributed by atoms with Crippen molar-refractivity contribution in [3.8, 4) is 0 Å². The Morgan fingerprint density at radius 2 is 2.23 bits per heavy atom. The zero-order chi connectivity index (χ0) is 16.2. The average molecular weight is 303 g/mol. The second-order valence-electron chi connectivity index (χ2n) is 5.54. The van der Waals surface area contributed by atoms with Crippen LogP contribution in [0.25, 0.3) is 5.65 Å². The largest absolute Gasteiger partial charge is 0.469 e. The third-order valence-electron chi connectivity index (χ3n) is 3.86. The zero-order valence-electron chi connectivity index (χ0n) is 13.1. The van der Waals surface area contributed by atoms with Crippen molar-refractivity contribution in [1.82, 2.24) is 14.7 Å². The minimum atomic E-state index is -0.392. The van der Waals surface area contributed by atoms with Gasteiger partial charge in [-0.3, -0.25) is 14.0 Å². The first-order valence-corrected chi connectivity index (χ1v) is 7.26. The van der Waals surface area contributed by atoms with Crippen LogP contribution in [0.3, 0.4) is 0 Å². The van der Waals surface area contributed by atoms with E-state index in [9.17, 15) is 9.59 Å². The van der Waals surface area contributed by atoms with Gasteiger partial charge in [0, 0.05) is 24.3 Å². The number of nitrogens with one attached hydrogen (secondary N) is 1. The van der Waals surface area contributed by atoms with Gasteiger partial charge >= 0.3 is 5.97 Å². The second-order valence-corrected chi connectivity index (χ2v) is 5.54. The maximum atomic E-state index is 12.0. The van der Waals surface area contributed by atoms with Crippen molar-refractivity contribution >= 4 is 11.6 Å². The monoisotopic (exact) mass is 303 g/mol. The molecular formula is C16H21N3O3. The van der Waals surface area contributed by atoms with Gasteiger partial charge in [-0.05, 0) is 25.5 Å². The molecule has 6 heteroatoms. The molecule has 118 valence electrons. The van der Waals surface area contributed by atoms with Gasteiger partial charge in [0.05, 0.1) is 19.2 Å². The lowest BCUT2D eigenvalue weighted by Crippen LogP contribution is -2.43. The van der Waals surface area contributed by atoms with Gasteiger partial charge in [0.2, 0.25) is 0 Å². The van der Waals surface area contributed by atoms with Crippen molar-refractivity contribution < 1.29 is 9.53 Å². The molecule has 0 aliphatic carbocycles. The molecule has 0 saturated carbocycles. The Balaban J connectivity index is 2.16. The molecule has 2 aromatic rings. The minimum Gasteiger partial charge on any atom is -0.469 e. The van der Waals surface area contributed by atoms with Crippen molar-refractivity contribution in [2.24, 2.45) is 0 Å². The maximum absolute atomic E-state index is 12.0. The summed E-state index contributed by atoms with van der Waals surface area (Å²) in [6.45, 7) is 4.37. The van der Waals surface area contributed by atoms with Gasteiger partial charge in [-0.25, -0.2) is 4.98 Å². The molecule has 0 fully saturated rings. The summed E-state index contributed by atoms with van der Waals surface area (Å²) in [6, 6.07) is 6.93. The van der Waals surface area contributed by atoms with Crippen LogP contribution in [-0.4, -0.2) is 28.0 Å². The van der Waals surface area contributed by atoms with E-state index in [1.165, 1.54) is 17.6 Å².